The van der Waals surface area contributed by atoms with Gasteiger partial charge in [-0.1, -0.05) is 0 Å². The molecule has 2 aromatic rings. The van der Waals surface area contributed by atoms with Crippen LogP contribution in [0.15, 0.2) is 18.3 Å². The second kappa shape index (κ2) is 6.88. The van der Waals surface area contributed by atoms with Gasteiger partial charge in [-0.15, -0.1) is 11.6 Å². The molecule has 0 fully saturated rings. The highest BCUT2D eigenvalue weighted by Gasteiger charge is 2.37. The highest BCUT2D eigenvalue weighted by molar-refractivity contribution is 6.19. The Morgan fingerprint density at radius 2 is 2.07 bits per heavy atom. The van der Waals surface area contributed by atoms with Crippen molar-refractivity contribution in [2.24, 2.45) is 0 Å². The first-order valence-electron chi connectivity index (χ1n) is 8.46. The Balaban J connectivity index is 2.18. The molecule has 1 unspecified atom stereocenters. The summed E-state index contributed by atoms with van der Waals surface area (Å²) in [6.45, 7) is 5.66. The summed E-state index contributed by atoms with van der Waals surface area (Å²) in [5, 5.41) is 11.0. The summed E-state index contributed by atoms with van der Waals surface area (Å²) >= 11 is 6.16. The van der Waals surface area contributed by atoms with E-state index in [0.717, 1.165) is 5.56 Å². The topological polar surface area (TPSA) is 89.0 Å². The number of fused-ring (bicyclic) bond motifs is 3. The van der Waals surface area contributed by atoms with Crippen LogP contribution in [0.3, 0.4) is 0 Å². The van der Waals surface area contributed by atoms with Crippen molar-refractivity contribution >= 4 is 40.3 Å². The Bertz CT molecular complexity index is 922. The first-order valence-corrected chi connectivity index (χ1v) is 9.00. The Kier molecular flexibility index (Phi) is 4.90. The minimum Gasteiger partial charge on any atom is -0.506 e. The number of benzene rings is 1. The number of hydrogen-bond acceptors (Lipinski definition) is 6. The van der Waals surface area contributed by atoms with E-state index >= 15 is 0 Å². The van der Waals surface area contributed by atoms with Crippen LogP contribution < -0.4 is 4.90 Å². The zero-order valence-corrected chi connectivity index (χ0v) is 16.3. The molecule has 0 saturated heterocycles. The number of carbonyl (C=O) groups excluding carboxylic acids is 2. The first kappa shape index (κ1) is 19.2. The molecule has 1 aromatic heterocycles. The molecule has 3 rings (SSSR count). The van der Waals surface area contributed by atoms with E-state index in [0.29, 0.717) is 23.1 Å². The molecule has 8 heteroatoms. The standard InChI is InChI=1S/C19H21ClN2O5/c1-19(2,3)27-18(25)22-9-11(7-20)15-12-5-10(17(24)26-4)8-21-16(12)14(23)6-13(15)22/h5-6,8,11,23H,7,9H2,1-4H3. The smallest absolute Gasteiger partial charge is 0.414 e. The molecule has 27 heavy (non-hydrogen) atoms. The van der Waals surface area contributed by atoms with Crippen LogP contribution in [0.1, 0.15) is 42.6 Å². The van der Waals surface area contributed by atoms with Crippen molar-refractivity contribution in [1.29, 1.82) is 0 Å². The maximum Gasteiger partial charge on any atom is 0.414 e. The molecule has 1 aliphatic heterocycles. The van der Waals surface area contributed by atoms with E-state index in [1.807, 2.05) is 0 Å². The first-order chi connectivity index (χ1) is 12.7. The number of rotatable bonds is 2. The zero-order valence-electron chi connectivity index (χ0n) is 15.6. The van der Waals surface area contributed by atoms with E-state index in [1.165, 1.54) is 24.3 Å². The number of phenols is 1. The van der Waals surface area contributed by atoms with E-state index in [1.54, 1.807) is 26.8 Å². The average molecular weight is 393 g/mol. The number of halogens is 1. The van der Waals surface area contributed by atoms with Crippen molar-refractivity contribution in [1.82, 2.24) is 4.98 Å². The third-order valence-electron chi connectivity index (χ3n) is 4.29. The lowest BCUT2D eigenvalue weighted by molar-refractivity contribution is 0.0578. The van der Waals surface area contributed by atoms with E-state index in [9.17, 15) is 14.7 Å². The Morgan fingerprint density at radius 3 is 2.67 bits per heavy atom. The molecule has 144 valence electrons. The van der Waals surface area contributed by atoms with Crippen molar-refractivity contribution in [3.05, 3.63) is 29.5 Å². The van der Waals surface area contributed by atoms with Crippen LogP contribution in [0.25, 0.3) is 10.9 Å². The van der Waals surface area contributed by atoms with Gasteiger partial charge >= 0.3 is 12.1 Å². The van der Waals surface area contributed by atoms with Crippen LogP contribution in [0.5, 0.6) is 5.75 Å². The summed E-state index contributed by atoms with van der Waals surface area (Å²) < 4.78 is 10.2. The van der Waals surface area contributed by atoms with Gasteiger partial charge in [-0.2, -0.15) is 0 Å². The number of amides is 1. The van der Waals surface area contributed by atoms with Crippen molar-refractivity contribution in [3.63, 3.8) is 0 Å². The molecule has 0 aliphatic carbocycles. The lowest BCUT2D eigenvalue weighted by atomic mass is 9.97. The number of aromatic nitrogens is 1. The number of nitrogens with zero attached hydrogens (tertiary/aromatic N) is 2. The van der Waals surface area contributed by atoms with Crippen LogP contribution in [0, 0.1) is 0 Å². The zero-order chi connectivity index (χ0) is 19.9. The monoisotopic (exact) mass is 392 g/mol. The minimum absolute atomic E-state index is 0.0936. The van der Waals surface area contributed by atoms with Crippen LogP contribution in [0.4, 0.5) is 10.5 Å². The van der Waals surface area contributed by atoms with E-state index in [4.69, 9.17) is 21.1 Å². The fourth-order valence-electron chi connectivity index (χ4n) is 3.20. The van der Waals surface area contributed by atoms with Gasteiger partial charge in [-0.3, -0.25) is 9.88 Å². The number of methoxy groups -OCH3 is 1. The molecular formula is C19H21ClN2O5. The van der Waals surface area contributed by atoms with Gasteiger partial charge in [-0.05, 0) is 32.4 Å². The predicted octanol–water partition coefficient (Wildman–Crippen LogP) is 3.80. The number of phenolic OH excluding ortho intramolecular Hbond substituents is 1. The SMILES string of the molecule is COC(=O)c1cnc2c(O)cc3c(c2c1)C(CCl)CN3C(=O)OC(C)(C)C. The molecule has 0 bridgehead atoms. The molecule has 1 aromatic carbocycles. The summed E-state index contributed by atoms with van der Waals surface area (Å²) in [6.07, 6.45) is 0.823. The number of anilines is 1. The molecule has 1 aliphatic rings. The molecule has 7 nitrogen and oxygen atoms in total. The summed E-state index contributed by atoms with van der Waals surface area (Å²) in [5.41, 5.74) is 1.18. The summed E-state index contributed by atoms with van der Waals surface area (Å²) in [5.74, 6) is -0.559. The van der Waals surface area contributed by atoms with Crippen LogP contribution >= 0.6 is 11.6 Å². The quantitative estimate of drug-likeness (QED) is 0.617. The predicted molar refractivity (Wildman–Crippen MR) is 102 cm³/mol. The number of hydrogen-bond donors (Lipinski definition) is 1. The molecule has 2 heterocycles. The van der Waals surface area contributed by atoms with E-state index in [-0.39, 0.29) is 23.1 Å². The Morgan fingerprint density at radius 1 is 1.37 bits per heavy atom. The van der Waals surface area contributed by atoms with Crippen LogP contribution in [-0.2, 0) is 9.47 Å². The number of aromatic hydroxyl groups is 1. The number of carbonyl (C=O) groups is 2. The van der Waals surface area contributed by atoms with Gasteiger partial charge in [0.2, 0.25) is 0 Å². The Hall–Kier alpha value is -2.54. The molecule has 0 spiro atoms. The van der Waals surface area contributed by atoms with Gasteiger partial charge in [0.15, 0.2) is 0 Å². The fraction of sp³-hybridized carbons (Fsp3) is 0.421. The van der Waals surface area contributed by atoms with Crippen molar-refractivity contribution in [3.8, 4) is 5.75 Å². The van der Waals surface area contributed by atoms with Crippen LogP contribution in [-0.4, -0.2) is 47.3 Å². The maximum atomic E-state index is 12.6. The number of alkyl halides is 1. The second-order valence-electron chi connectivity index (χ2n) is 7.38. The van der Waals surface area contributed by atoms with E-state index in [2.05, 4.69) is 4.98 Å². The Labute approximate surface area is 161 Å². The molecule has 1 atom stereocenters. The van der Waals surface area contributed by atoms with Gasteiger partial charge in [-0.25, -0.2) is 9.59 Å². The second-order valence-corrected chi connectivity index (χ2v) is 7.69. The minimum atomic E-state index is -0.658. The summed E-state index contributed by atoms with van der Waals surface area (Å²) in [6, 6.07) is 3.09. The molecule has 1 amide bonds. The molecule has 0 saturated carbocycles. The van der Waals surface area contributed by atoms with Gasteiger partial charge in [0.05, 0.1) is 18.4 Å². The normalized spacial score (nSPS) is 16.3. The molecular weight excluding hydrogens is 372 g/mol. The summed E-state index contributed by atoms with van der Waals surface area (Å²) in [4.78, 5) is 30.2. The van der Waals surface area contributed by atoms with Crippen molar-refractivity contribution in [2.75, 3.05) is 24.4 Å². The number of esters is 1. The highest BCUT2D eigenvalue weighted by Crippen LogP contribution is 2.45. The average Bonchev–Trinajstić information content (AvgIpc) is 2.98. The molecule has 1 N–H and O–H groups in total. The third kappa shape index (κ3) is 3.51. The maximum absolute atomic E-state index is 12.6. The number of pyridine rings is 1. The third-order valence-corrected chi connectivity index (χ3v) is 4.67. The number of ether oxygens (including phenoxy) is 2. The molecule has 0 radical (unpaired) electrons. The van der Waals surface area contributed by atoms with Gasteiger partial charge in [0.1, 0.15) is 16.9 Å². The highest BCUT2D eigenvalue weighted by atomic mass is 35.5. The van der Waals surface area contributed by atoms with E-state index < -0.39 is 17.7 Å². The lowest BCUT2D eigenvalue weighted by Gasteiger charge is -2.25. The largest absolute Gasteiger partial charge is 0.506 e. The van der Waals surface area contributed by atoms with Gasteiger partial charge in [0.25, 0.3) is 0 Å². The van der Waals surface area contributed by atoms with Gasteiger partial charge < -0.3 is 14.6 Å². The van der Waals surface area contributed by atoms with Crippen molar-refractivity contribution in [2.45, 2.75) is 32.3 Å². The van der Waals surface area contributed by atoms with Crippen molar-refractivity contribution < 1.29 is 24.2 Å². The summed E-state index contributed by atoms with van der Waals surface area (Å²) in [7, 11) is 1.28. The fourth-order valence-corrected chi connectivity index (χ4v) is 3.45. The lowest BCUT2D eigenvalue weighted by Crippen LogP contribution is -2.36. The van der Waals surface area contributed by atoms with Gasteiger partial charge in [0, 0.05) is 36.0 Å². The van der Waals surface area contributed by atoms with Crippen LogP contribution in [0.2, 0.25) is 0 Å².